The van der Waals surface area contributed by atoms with E-state index in [9.17, 15) is 38.7 Å². The van der Waals surface area contributed by atoms with Crippen molar-refractivity contribution in [3.63, 3.8) is 0 Å². The molecule has 34 heavy (non-hydrogen) atoms. The van der Waals surface area contributed by atoms with Crippen molar-refractivity contribution in [3.8, 4) is 0 Å². The Bertz CT molecular complexity index is 801. The largest absolute Gasteiger partial charge is 0.481 e. The van der Waals surface area contributed by atoms with E-state index in [1.165, 1.54) is 6.92 Å². The van der Waals surface area contributed by atoms with Crippen LogP contribution in [0.1, 0.15) is 39.0 Å². The van der Waals surface area contributed by atoms with Crippen LogP contribution < -0.4 is 27.4 Å². The van der Waals surface area contributed by atoms with Gasteiger partial charge in [0.25, 0.3) is 0 Å². The molecular weight excluding hydrogens is 462 g/mol. The summed E-state index contributed by atoms with van der Waals surface area (Å²) >= 11 is 0. The van der Waals surface area contributed by atoms with Crippen molar-refractivity contribution in [2.45, 2.75) is 69.3 Å². The van der Waals surface area contributed by atoms with E-state index in [1.807, 2.05) is 5.32 Å². The molecule has 0 aliphatic carbocycles. The molecule has 11 N–H and O–H groups in total. The second-order valence-electron chi connectivity index (χ2n) is 7.32. The lowest BCUT2D eigenvalue weighted by molar-refractivity contribution is -0.147. The molecular formula is C18H29N5O11. The molecule has 192 valence electrons. The number of carbonyl (C=O) groups is 7. The highest BCUT2D eigenvalue weighted by molar-refractivity contribution is 5.95. The van der Waals surface area contributed by atoms with E-state index >= 15 is 0 Å². The fourth-order valence-corrected chi connectivity index (χ4v) is 2.50. The number of carboxylic acid groups (broad SMARTS) is 3. The van der Waals surface area contributed by atoms with Crippen LogP contribution in [0.2, 0.25) is 0 Å². The minimum atomic E-state index is -1.87. The minimum Gasteiger partial charge on any atom is -0.481 e. The molecule has 5 atom stereocenters. The third-order valence-corrected chi connectivity index (χ3v) is 4.41. The molecule has 0 saturated carbocycles. The zero-order chi connectivity index (χ0) is 26.6. The highest BCUT2D eigenvalue weighted by atomic mass is 16.4. The van der Waals surface area contributed by atoms with Gasteiger partial charge in [0.05, 0.1) is 12.5 Å². The molecule has 4 amide bonds. The Morgan fingerprint density at radius 2 is 1.18 bits per heavy atom. The highest BCUT2D eigenvalue weighted by Crippen LogP contribution is 2.05. The van der Waals surface area contributed by atoms with Gasteiger partial charge in [-0.05, 0) is 19.8 Å². The zero-order valence-electron chi connectivity index (χ0n) is 18.2. The molecule has 0 fully saturated rings. The van der Waals surface area contributed by atoms with Gasteiger partial charge in [-0.25, -0.2) is 4.79 Å². The van der Waals surface area contributed by atoms with Crippen LogP contribution in [-0.2, 0) is 33.6 Å². The molecule has 0 aliphatic rings. The first-order valence-electron chi connectivity index (χ1n) is 9.95. The molecule has 16 heteroatoms. The molecule has 5 unspecified atom stereocenters. The molecule has 0 aromatic carbocycles. The second kappa shape index (κ2) is 14.4. The number of rotatable bonds is 16. The minimum absolute atomic E-state index is 0.344. The lowest BCUT2D eigenvalue weighted by Crippen LogP contribution is -2.58. The maximum absolute atomic E-state index is 12.7. The third-order valence-electron chi connectivity index (χ3n) is 4.41. The summed E-state index contributed by atoms with van der Waals surface area (Å²) in [5.41, 5.74) is 10.6. The predicted octanol–water partition coefficient (Wildman–Crippen LogP) is -4.16. The number of carbonyl (C=O) groups excluding carboxylic acids is 4. The number of hydrogen-bond donors (Lipinski definition) is 9. The van der Waals surface area contributed by atoms with E-state index in [0.717, 1.165) is 0 Å². The molecule has 16 nitrogen and oxygen atoms in total. The van der Waals surface area contributed by atoms with E-state index in [1.54, 1.807) is 0 Å². The highest BCUT2D eigenvalue weighted by Gasteiger charge is 2.32. The number of carboxylic acids is 3. The number of aliphatic carboxylic acids is 3. The first kappa shape index (κ1) is 30.2. The van der Waals surface area contributed by atoms with E-state index < -0.39 is 91.1 Å². The van der Waals surface area contributed by atoms with Crippen LogP contribution in [0.15, 0.2) is 0 Å². The molecule has 0 spiro atoms. The standard InChI is InChI=1S/C18H29N5O11/c1-7(24)14(20)17(32)22-8(2-4-11(19)25)15(30)21-9(3-5-12(26)27)16(31)23-10(18(33)34)6-13(28)29/h7-10,14,24H,2-6,20H2,1H3,(H2,19,25)(H,21,30)(H,22,32)(H,23,31)(H,26,27)(H,28,29)(H,33,34). The number of aliphatic hydroxyl groups excluding tert-OH is 1. The Morgan fingerprint density at radius 1 is 0.735 bits per heavy atom. The van der Waals surface area contributed by atoms with Crippen LogP contribution >= 0.6 is 0 Å². The predicted molar refractivity (Wildman–Crippen MR) is 111 cm³/mol. The number of aliphatic hydroxyl groups is 1. The molecule has 0 aliphatic heterocycles. The fraction of sp³-hybridized carbons (Fsp3) is 0.611. The van der Waals surface area contributed by atoms with Gasteiger partial charge in [0.1, 0.15) is 24.2 Å². The van der Waals surface area contributed by atoms with Crippen LogP contribution in [0.4, 0.5) is 0 Å². The summed E-state index contributed by atoms with van der Waals surface area (Å²) in [4.78, 5) is 81.4. The Kier molecular flexibility index (Phi) is 12.8. The van der Waals surface area contributed by atoms with Crippen molar-refractivity contribution in [1.82, 2.24) is 16.0 Å². The summed E-state index contributed by atoms with van der Waals surface area (Å²) in [7, 11) is 0. The van der Waals surface area contributed by atoms with Crippen molar-refractivity contribution < 1.29 is 54.0 Å². The van der Waals surface area contributed by atoms with Crippen molar-refractivity contribution in [2.75, 3.05) is 0 Å². The molecule has 0 radical (unpaired) electrons. The van der Waals surface area contributed by atoms with Crippen molar-refractivity contribution in [3.05, 3.63) is 0 Å². The maximum Gasteiger partial charge on any atom is 0.326 e. The molecule has 0 aromatic heterocycles. The van der Waals surface area contributed by atoms with E-state index in [4.69, 9.17) is 26.8 Å². The van der Waals surface area contributed by atoms with Crippen molar-refractivity contribution in [1.29, 1.82) is 0 Å². The van der Waals surface area contributed by atoms with Gasteiger partial charge in [0, 0.05) is 12.8 Å². The van der Waals surface area contributed by atoms with Gasteiger partial charge in [-0.3, -0.25) is 28.8 Å². The summed E-state index contributed by atoms with van der Waals surface area (Å²) in [6, 6.07) is -6.44. The fourth-order valence-electron chi connectivity index (χ4n) is 2.50. The second-order valence-corrected chi connectivity index (χ2v) is 7.32. The Labute approximate surface area is 193 Å². The van der Waals surface area contributed by atoms with Crippen LogP contribution in [0, 0.1) is 0 Å². The summed E-state index contributed by atoms with van der Waals surface area (Å²) in [5, 5.41) is 42.4. The number of primary amides is 1. The third kappa shape index (κ3) is 11.7. The monoisotopic (exact) mass is 491 g/mol. The number of nitrogens with one attached hydrogen (secondary N) is 3. The van der Waals surface area contributed by atoms with Gasteiger partial charge in [-0.2, -0.15) is 0 Å². The first-order valence-corrected chi connectivity index (χ1v) is 9.95. The smallest absolute Gasteiger partial charge is 0.326 e. The maximum atomic E-state index is 12.7. The molecule has 0 saturated heterocycles. The van der Waals surface area contributed by atoms with Gasteiger partial charge in [-0.15, -0.1) is 0 Å². The van der Waals surface area contributed by atoms with Crippen molar-refractivity contribution in [2.24, 2.45) is 11.5 Å². The summed E-state index contributed by atoms with van der Waals surface area (Å²) < 4.78 is 0. The molecule has 0 bridgehead atoms. The topological polar surface area (TPSA) is 289 Å². The van der Waals surface area contributed by atoms with Gasteiger partial charge in [-0.1, -0.05) is 0 Å². The average Bonchev–Trinajstić information content (AvgIpc) is 2.71. The van der Waals surface area contributed by atoms with Crippen LogP contribution in [-0.4, -0.2) is 92.2 Å². The van der Waals surface area contributed by atoms with Crippen molar-refractivity contribution >= 4 is 41.5 Å². The van der Waals surface area contributed by atoms with Crippen LogP contribution in [0.5, 0.6) is 0 Å². The number of amides is 4. The van der Waals surface area contributed by atoms with Crippen LogP contribution in [0.3, 0.4) is 0 Å². The lowest BCUT2D eigenvalue weighted by atomic mass is 10.1. The average molecular weight is 491 g/mol. The number of hydrogen-bond acceptors (Lipinski definition) is 9. The van der Waals surface area contributed by atoms with Gasteiger partial charge in [0.2, 0.25) is 23.6 Å². The summed E-state index contributed by atoms with van der Waals surface area (Å²) in [6.45, 7) is 1.21. The number of nitrogens with two attached hydrogens (primary N) is 2. The van der Waals surface area contributed by atoms with E-state index in [2.05, 4.69) is 10.6 Å². The molecule has 0 rings (SSSR count). The Hall–Kier alpha value is -3.79. The summed E-state index contributed by atoms with van der Waals surface area (Å²) in [5.74, 6) is -8.63. The van der Waals surface area contributed by atoms with Gasteiger partial charge in [0.15, 0.2) is 0 Å². The quantitative estimate of drug-likeness (QED) is 0.0993. The van der Waals surface area contributed by atoms with Gasteiger partial charge < -0.3 is 47.8 Å². The summed E-state index contributed by atoms with van der Waals surface area (Å²) in [6.07, 6.45) is -4.17. The lowest BCUT2D eigenvalue weighted by Gasteiger charge is -2.25. The first-order chi connectivity index (χ1) is 15.6. The Balaban J connectivity index is 5.66. The molecule has 0 heterocycles. The Morgan fingerprint density at radius 3 is 1.56 bits per heavy atom. The van der Waals surface area contributed by atoms with Gasteiger partial charge >= 0.3 is 17.9 Å². The van der Waals surface area contributed by atoms with E-state index in [-0.39, 0.29) is 12.8 Å². The molecule has 0 aromatic rings. The normalized spacial score (nSPS) is 15.0. The van der Waals surface area contributed by atoms with E-state index in [0.29, 0.717) is 0 Å². The van der Waals surface area contributed by atoms with Crippen LogP contribution in [0.25, 0.3) is 0 Å². The SMILES string of the molecule is CC(O)C(N)C(=O)NC(CCC(N)=O)C(=O)NC(CCC(=O)O)C(=O)NC(CC(=O)O)C(=O)O. The zero-order valence-corrected chi connectivity index (χ0v) is 18.2.